The van der Waals surface area contributed by atoms with Gasteiger partial charge >= 0.3 is 5.97 Å². The number of benzene rings is 2. The van der Waals surface area contributed by atoms with E-state index < -0.39 is 29.0 Å². The van der Waals surface area contributed by atoms with Gasteiger partial charge in [-0.2, -0.15) is 0 Å². The van der Waals surface area contributed by atoms with Crippen LogP contribution in [0.25, 0.3) is 11.3 Å². The smallest absolute Gasteiger partial charge is 0.328 e. The number of hydrogen-bond acceptors (Lipinski definition) is 7. The molecule has 2 bridgehead atoms. The van der Waals surface area contributed by atoms with Crippen LogP contribution in [0.4, 0.5) is 0 Å². The van der Waals surface area contributed by atoms with Crippen LogP contribution >= 0.6 is 0 Å². The first-order chi connectivity index (χ1) is 21.9. The molecule has 0 saturated heterocycles. The van der Waals surface area contributed by atoms with Crippen molar-refractivity contribution in [1.29, 1.82) is 0 Å². The minimum atomic E-state index is -0.696. The Hall–Kier alpha value is -3.78. The lowest BCUT2D eigenvalue weighted by atomic mass is 9.44. The molecule has 46 heavy (non-hydrogen) atoms. The summed E-state index contributed by atoms with van der Waals surface area (Å²) in [7, 11) is 1.66. The lowest BCUT2D eigenvalue weighted by Crippen LogP contribution is -2.63. The Kier molecular flexibility index (Phi) is 8.47. The lowest BCUT2D eigenvalue weighted by molar-refractivity contribution is -0.207. The highest BCUT2D eigenvalue weighted by molar-refractivity contribution is 5.85. The number of esters is 1. The molecule has 244 valence electrons. The third-order valence-electron chi connectivity index (χ3n) is 12.2. The monoisotopic (exact) mass is 625 g/mol. The third kappa shape index (κ3) is 5.38. The molecular formula is C38H47N3O5. The van der Waals surface area contributed by atoms with Crippen LogP contribution in [0.15, 0.2) is 67.4 Å². The summed E-state index contributed by atoms with van der Waals surface area (Å²) in [5.41, 5.74) is 2.40. The molecule has 3 saturated carbocycles. The zero-order chi connectivity index (χ0) is 32.9. The standard InChI is InChI=1S/C38H47N3O5/c1-7-36(4)21-32(37(5)24(2)16-18-38(25(3)35(36)44)19-17-31(42)34(37)38)46-33(43)23-41-22-30(39-40-41)28-12-8-26(9-13-28)20-27-10-14-29(45-6)15-11-27/h7-15,22,24-25,32,34-35,44H,1,16-21,23H2,2-6H3/t24-,25+,32-,34+,35+,36-,37+,38+/m1/s1. The van der Waals surface area contributed by atoms with E-state index in [-0.39, 0.29) is 35.5 Å². The molecule has 0 radical (unpaired) electrons. The first-order valence-electron chi connectivity index (χ1n) is 16.6. The number of carbonyl (C=O) groups is 2. The van der Waals surface area contributed by atoms with Crippen molar-refractivity contribution in [3.8, 4) is 17.0 Å². The van der Waals surface area contributed by atoms with Gasteiger partial charge in [0.25, 0.3) is 0 Å². The molecule has 3 fully saturated rings. The topological polar surface area (TPSA) is 104 Å². The second kappa shape index (κ2) is 12.1. The predicted octanol–water partition coefficient (Wildman–Crippen LogP) is 6.45. The highest BCUT2D eigenvalue weighted by atomic mass is 16.5. The zero-order valence-electron chi connectivity index (χ0n) is 27.7. The summed E-state index contributed by atoms with van der Waals surface area (Å²) in [4.78, 5) is 27.3. The summed E-state index contributed by atoms with van der Waals surface area (Å²) in [6.07, 6.45) is 6.64. The molecule has 8 atom stereocenters. The quantitative estimate of drug-likeness (QED) is 0.227. The van der Waals surface area contributed by atoms with E-state index >= 15 is 0 Å². The molecule has 3 aliphatic rings. The molecular weight excluding hydrogens is 578 g/mol. The first kappa shape index (κ1) is 32.2. The Balaban J connectivity index is 1.19. The van der Waals surface area contributed by atoms with Crippen molar-refractivity contribution in [2.24, 2.45) is 34.0 Å². The van der Waals surface area contributed by atoms with Crippen LogP contribution in [-0.4, -0.2) is 51.2 Å². The number of aliphatic hydroxyl groups is 1. The fourth-order valence-corrected chi connectivity index (χ4v) is 9.11. The van der Waals surface area contributed by atoms with Crippen LogP contribution in [0.3, 0.4) is 0 Å². The van der Waals surface area contributed by atoms with Gasteiger partial charge in [0.05, 0.1) is 19.4 Å². The van der Waals surface area contributed by atoms with Crippen LogP contribution in [0.5, 0.6) is 5.75 Å². The summed E-state index contributed by atoms with van der Waals surface area (Å²) in [6, 6.07) is 16.2. The van der Waals surface area contributed by atoms with Crippen molar-refractivity contribution in [1.82, 2.24) is 15.0 Å². The van der Waals surface area contributed by atoms with E-state index in [1.165, 1.54) is 15.8 Å². The number of ether oxygens (including phenoxy) is 2. The average molecular weight is 626 g/mol. The molecule has 3 aliphatic carbocycles. The molecule has 0 aliphatic heterocycles. The van der Waals surface area contributed by atoms with Gasteiger partial charge in [-0.1, -0.05) is 75.4 Å². The van der Waals surface area contributed by atoms with Gasteiger partial charge in [-0.15, -0.1) is 11.7 Å². The van der Waals surface area contributed by atoms with Gasteiger partial charge in [-0.3, -0.25) is 9.59 Å². The van der Waals surface area contributed by atoms with E-state index in [1.807, 2.05) is 37.3 Å². The fourth-order valence-electron chi connectivity index (χ4n) is 9.11. The molecule has 1 aromatic heterocycles. The average Bonchev–Trinajstić information content (AvgIpc) is 3.67. The number of Topliss-reactive ketones (excluding diaryl/α,β-unsaturated/α-hetero) is 1. The van der Waals surface area contributed by atoms with E-state index in [1.54, 1.807) is 13.3 Å². The van der Waals surface area contributed by atoms with E-state index in [0.29, 0.717) is 18.5 Å². The maximum Gasteiger partial charge on any atom is 0.328 e. The third-order valence-corrected chi connectivity index (χ3v) is 12.2. The largest absolute Gasteiger partial charge is 0.497 e. The van der Waals surface area contributed by atoms with Crippen LogP contribution in [-0.2, 0) is 27.3 Å². The summed E-state index contributed by atoms with van der Waals surface area (Å²) in [5, 5.41) is 20.3. The van der Waals surface area contributed by atoms with Crippen molar-refractivity contribution < 1.29 is 24.2 Å². The summed E-state index contributed by atoms with van der Waals surface area (Å²) in [6.45, 7) is 12.5. The lowest BCUT2D eigenvalue weighted by Gasteiger charge is -2.61. The van der Waals surface area contributed by atoms with Crippen molar-refractivity contribution in [3.05, 3.63) is 78.5 Å². The van der Waals surface area contributed by atoms with Crippen molar-refractivity contribution in [2.75, 3.05) is 7.11 Å². The number of rotatable bonds is 8. The molecule has 0 unspecified atom stereocenters. The van der Waals surface area contributed by atoms with Crippen molar-refractivity contribution >= 4 is 11.8 Å². The number of nitrogens with zero attached hydrogens (tertiary/aromatic N) is 3. The molecule has 0 spiro atoms. The fraction of sp³-hybridized carbons (Fsp3) is 0.526. The van der Waals surface area contributed by atoms with Crippen molar-refractivity contribution in [2.45, 2.75) is 85.0 Å². The normalized spacial score (nSPS) is 33.9. The van der Waals surface area contributed by atoms with Gasteiger partial charge in [-0.05, 0) is 72.6 Å². The second-order valence-electron chi connectivity index (χ2n) is 14.6. The number of methoxy groups -OCH3 is 1. The molecule has 8 nitrogen and oxygen atoms in total. The molecule has 6 rings (SSSR count). The van der Waals surface area contributed by atoms with Gasteiger partial charge in [0.2, 0.25) is 0 Å². The Morgan fingerprint density at radius 3 is 2.41 bits per heavy atom. The van der Waals surface area contributed by atoms with Crippen LogP contribution in [0.2, 0.25) is 0 Å². The molecule has 0 amide bonds. The maximum absolute atomic E-state index is 13.6. The van der Waals surface area contributed by atoms with Crippen LogP contribution < -0.4 is 4.74 Å². The molecule has 8 heteroatoms. The first-order valence-corrected chi connectivity index (χ1v) is 16.6. The Morgan fingerprint density at radius 1 is 1.09 bits per heavy atom. The maximum atomic E-state index is 13.6. The SMILES string of the molecule is C=C[C@]1(C)C[C@@H](OC(=O)Cn2cc(-c3ccc(Cc4ccc(OC)cc4)cc3)nn2)[C@]2(C)[C@H](C)CC[C@]3(CCC(=O)[C@H]32)[C@@H](C)[C@@H]1O. The van der Waals surface area contributed by atoms with Crippen LogP contribution in [0, 0.1) is 34.0 Å². The van der Waals surface area contributed by atoms with Crippen LogP contribution in [0.1, 0.15) is 70.9 Å². The predicted molar refractivity (Wildman–Crippen MR) is 176 cm³/mol. The van der Waals surface area contributed by atoms with Gasteiger partial charge < -0.3 is 14.6 Å². The second-order valence-corrected chi connectivity index (χ2v) is 14.6. The van der Waals surface area contributed by atoms with E-state index in [2.05, 4.69) is 61.9 Å². The van der Waals surface area contributed by atoms with E-state index in [0.717, 1.165) is 37.0 Å². The minimum absolute atomic E-state index is 0.0690. The Labute approximate surface area is 272 Å². The van der Waals surface area contributed by atoms with Gasteiger partial charge in [0, 0.05) is 28.7 Å². The minimum Gasteiger partial charge on any atom is -0.497 e. The molecule has 1 N–H and O–H groups in total. The molecule has 3 aromatic rings. The van der Waals surface area contributed by atoms with Crippen molar-refractivity contribution in [3.63, 3.8) is 0 Å². The number of carbonyl (C=O) groups excluding carboxylic acids is 2. The number of ketones is 1. The van der Waals surface area contributed by atoms with Gasteiger partial charge in [-0.25, -0.2) is 4.68 Å². The summed E-state index contributed by atoms with van der Waals surface area (Å²) < 4.78 is 13.1. The number of hydrogen-bond donors (Lipinski definition) is 1. The summed E-state index contributed by atoms with van der Waals surface area (Å²) in [5.74, 6) is 0.496. The van der Waals surface area contributed by atoms with E-state index in [4.69, 9.17) is 9.47 Å². The number of aromatic nitrogens is 3. The molecule has 1 heterocycles. The Bertz CT molecular complexity index is 1600. The summed E-state index contributed by atoms with van der Waals surface area (Å²) >= 11 is 0. The van der Waals surface area contributed by atoms with E-state index in [9.17, 15) is 14.7 Å². The Morgan fingerprint density at radius 2 is 1.76 bits per heavy atom. The van der Waals surface area contributed by atoms with Gasteiger partial charge in [0.1, 0.15) is 29.9 Å². The molecule has 2 aromatic carbocycles. The number of aliphatic hydroxyl groups excluding tert-OH is 1. The zero-order valence-corrected chi connectivity index (χ0v) is 27.7. The highest BCUT2D eigenvalue weighted by Gasteiger charge is 2.68. The van der Waals surface area contributed by atoms with Gasteiger partial charge in [0.15, 0.2) is 0 Å². The highest BCUT2D eigenvalue weighted by Crippen LogP contribution is 2.68.